The van der Waals surface area contributed by atoms with Gasteiger partial charge in [-0.1, -0.05) is 24.3 Å². The van der Waals surface area contributed by atoms with Crippen molar-refractivity contribution in [2.24, 2.45) is 4.99 Å². The first-order valence-corrected chi connectivity index (χ1v) is 12.5. The van der Waals surface area contributed by atoms with E-state index >= 15 is 0 Å². The molecule has 1 heterocycles. The maximum Gasteiger partial charge on any atom is 0.303 e. The fourth-order valence-electron chi connectivity index (χ4n) is 4.25. The molecule has 0 aliphatic carbocycles. The zero-order chi connectivity index (χ0) is 28.1. The van der Waals surface area contributed by atoms with Crippen molar-refractivity contribution in [1.82, 2.24) is 9.88 Å². The minimum absolute atomic E-state index is 0.000393. The van der Waals surface area contributed by atoms with Crippen LogP contribution in [0.5, 0.6) is 5.88 Å². The number of aromatic hydroxyl groups is 1. The van der Waals surface area contributed by atoms with Gasteiger partial charge in [-0.2, -0.15) is 0 Å². The topological polar surface area (TPSA) is 109 Å². The fourth-order valence-corrected chi connectivity index (χ4v) is 4.25. The van der Waals surface area contributed by atoms with Gasteiger partial charge in [0.05, 0.1) is 22.5 Å². The maximum atomic E-state index is 13.9. The zero-order valence-electron chi connectivity index (χ0n) is 22.1. The third kappa shape index (κ3) is 6.69. The van der Waals surface area contributed by atoms with Gasteiger partial charge in [0.2, 0.25) is 5.91 Å². The molecule has 4 rings (SSSR count). The van der Waals surface area contributed by atoms with Crippen molar-refractivity contribution in [3.8, 4) is 5.88 Å². The Kier molecular flexibility index (Phi) is 8.41. The number of aliphatic carboxylic acids is 1. The minimum atomic E-state index is -0.870. The second-order valence-corrected chi connectivity index (χ2v) is 9.61. The first-order chi connectivity index (χ1) is 18.6. The van der Waals surface area contributed by atoms with Crippen molar-refractivity contribution in [3.63, 3.8) is 0 Å². The molecule has 0 radical (unpaired) electrons. The smallest absolute Gasteiger partial charge is 0.303 e. The Labute approximate surface area is 226 Å². The second-order valence-electron chi connectivity index (χ2n) is 9.61. The van der Waals surface area contributed by atoms with Gasteiger partial charge in [-0.15, -0.1) is 0 Å². The van der Waals surface area contributed by atoms with E-state index in [2.05, 4.69) is 4.98 Å². The number of halogens is 1. The lowest BCUT2D eigenvalue weighted by Gasteiger charge is -2.19. The lowest BCUT2D eigenvalue weighted by atomic mass is 9.98. The average molecular weight is 531 g/mol. The number of benzene rings is 3. The molecule has 3 aromatic carbocycles. The standard InChI is InChI=1S/C30H31FN4O4/c1-34(2)17-16-26(36)35(3)23-12-10-22(11-13-23)32-29(20-7-4-19(5-8-20)6-15-27(37)38)28-24-14-9-21(31)18-25(24)33-30(28)39/h4-5,7-14,18,33,39H,6,15-17H2,1-3H3,(H,37,38). The molecular weight excluding hydrogens is 499 g/mol. The zero-order valence-corrected chi connectivity index (χ0v) is 22.1. The summed E-state index contributed by atoms with van der Waals surface area (Å²) in [6.45, 7) is 0.655. The van der Waals surface area contributed by atoms with Gasteiger partial charge in [-0.05, 0) is 68.5 Å². The number of hydrogen-bond acceptors (Lipinski definition) is 5. The van der Waals surface area contributed by atoms with Gasteiger partial charge in [0.15, 0.2) is 5.88 Å². The van der Waals surface area contributed by atoms with Crippen LogP contribution in [0.1, 0.15) is 29.5 Å². The largest absolute Gasteiger partial charge is 0.494 e. The Morgan fingerprint density at radius 1 is 0.949 bits per heavy atom. The Balaban J connectivity index is 1.72. The van der Waals surface area contributed by atoms with E-state index in [0.29, 0.717) is 52.8 Å². The van der Waals surface area contributed by atoms with Gasteiger partial charge < -0.3 is 25.0 Å². The summed E-state index contributed by atoms with van der Waals surface area (Å²) in [7, 11) is 5.57. The number of rotatable bonds is 10. The van der Waals surface area contributed by atoms with Crippen LogP contribution >= 0.6 is 0 Å². The van der Waals surface area contributed by atoms with Crippen molar-refractivity contribution in [2.45, 2.75) is 19.3 Å². The van der Waals surface area contributed by atoms with E-state index in [1.54, 1.807) is 30.1 Å². The highest BCUT2D eigenvalue weighted by Crippen LogP contribution is 2.32. The average Bonchev–Trinajstić information content (AvgIpc) is 3.23. The predicted molar refractivity (Wildman–Crippen MR) is 151 cm³/mol. The highest BCUT2D eigenvalue weighted by Gasteiger charge is 2.19. The number of carboxylic acids is 1. The molecule has 0 fully saturated rings. The van der Waals surface area contributed by atoms with E-state index in [9.17, 15) is 19.1 Å². The molecule has 0 aliphatic heterocycles. The molecule has 1 aromatic heterocycles. The van der Waals surface area contributed by atoms with Crippen molar-refractivity contribution in [1.29, 1.82) is 0 Å². The molecule has 0 aliphatic rings. The van der Waals surface area contributed by atoms with Crippen LogP contribution in [-0.4, -0.2) is 65.4 Å². The number of aliphatic imine (C=N–C) groups is 1. The number of aromatic amines is 1. The van der Waals surface area contributed by atoms with Crippen LogP contribution < -0.4 is 4.90 Å². The molecule has 0 atom stereocenters. The quantitative estimate of drug-likeness (QED) is 0.247. The molecule has 0 unspecified atom stereocenters. The first-order valence-electron chi connectivity index (χ1n) is 12.5. The van der Waals surface area contributed by atoms with E-state index in [-0.39, 0.29) is 18.2 Å². The predicted octanol–water partition coefficient (Wildman–Crippen LogP) is 5.11. The Morgan fingerprint density at radius 3 is 2.28 bits per heavy atom. The number of hydrogen-bond donors (Lipinski definition) is 3. The number of amides is 1. The molecule has 39 heavy (non-hydrogen) atoms. The lowest BCUT2D eigenvalue weighted by molar-refractivity contribution is -0.137. The molecule has 0 saturated heterocycles. The number of carbonyl (C=O) groups is 2. The van der Waals surface area contributed by atoms with Crippen LogP contribution in [0.3, 0.4) is 0 Å². The third-order valence-electron chi connectivity index (χ3n) is 6.46. The number of nitrogens with one attached hydrogen (secondary N) is 1. The number of nitrogens with zero attached hydrogens (tertiary/aromatic N) is 3. The normalized spacial score (nSPS) is 11.8. The molecule has 4 aromatic rings. The van der Waals surface area contributed by atoms with Gasteiger partial charge in [0.25, 0.3) is 0 Å². The molecule has 0 bridgehead atoms. The molecule has 1 amide bonds. The van der Waals surface area contributed by atoms with E-state index in [1.807, 2.05) is 55.4 Å². The molecule has 0 spiro atoms. The summed E-state index contributed by atoms with van der Waals surface area (Å²) in [6.07, 6.45) is 0.811. The van der Waals surface area contributed by atoms with Crippen LogP contribution in [0.25, 0.3) is 10.9 Å². The van der Waals surface area contributed by atoms with E-state index in [1.165, 1.54) is 12.1 Å². The van der Waals surface area contributed by atoms with E-state index < -0.39 is 11.8 Å². The summed E-state index contributed by atoms with van der Waals surface area (Å²) in [4.78, 5) is 34.7. The Bertz CT molecular complexity index is 1510. The number of aromatic nitrogens is 1. The molecular formula is C30H31FN4O4. The van der Waals surface area contributed by atoms with Crippen LogP contribution in [0.4, 0.5) is 15.8 Å². The molecule has 0 saturated carbocycles. The monoisotopic (exact) mass is 530 g/mol. The first kappa shape index (κ1) is 27.5. The Morgan fingerprint density at radius 2 is 1.64 bits per heavy atom. The summed E-state index contributed by atoms with van der Waals surface area (Å²) >= 11 is 0. The van der Waals surface area contributed by atoms with Crippen LogP contribution in [-0.2, 0) is 16.0 Å². The van der Waals surface area contributed by atoms with Crippen molar-refractivity contribution in [2.75, 3.05) is 32.6 Å². The number of carboxylic acid groups (broad SMARTS) is 1. The molecule has 8 nitrogen and oxygen atoms in total. The Hall–Kier alpha value is -4.50. The van der Waals surface area contributed by atoms with Crippen molar-refractivity contribution in [3.05, 3.63) is 89.2 Å². The number of anilines is 1. The fraction of sp³-hybridized carbons (Fsp3) is 0.233. The molecule has 9 heteroatoms. The number of H-pyrrole nitrogens is 1. The summed E-state index contributed by atoms with van der Waals surface area (Å²) in [5, 5.41) is 20.4. The van der Waals surface area contributed by atoms with Gasteiger partial charge in [0, 0.05) is 43.1 Å². The van der Waals surface area contributed by atoms with Gasteiger partial charge in [-0.3, -0.25) is 9.59 Å². The minimum Gasteiger partial charge on any atom is -0.494 e. The van der Waals surface area contributed by atoms with Gasteiger partial charge in [0.1, 0.15) is 5.82 Å². The SMILES string of the molecule is CN(C)CCC(=O)N(C)c1ccc(N=C(c2ccc(CCC(=O)O)cc2)c2c(O)[nH]c3cc(F)ccc23)cc1. The van der Waals surface area contributed by atoms with Crippen LogP contribution in [0.2, 0.25) is 0 Å². The van der Waals surface area contributed by atoms with Gasteiger partial charge >= 0.3 is 5.97 Å². The second kappa shape index (κ2) is 11.9. The van der Waals surface area contributed by atoms with E-state index in [0.717, 1.165) is 11.3 Å². The van der Waals surface area contributed by atoms with E-state index in [4.69, 9.17) is 10.1 Å². The summed E-state index contributed by atoms with van der Waals surface area (Å²) in [5.41, 5.74) is 4.18. The number of carbonyl (C=O) groups excluding carboxylic acids is 1. The van der Waals surface area contributed by atoms with Crippen molar-refractivity contribution < 1.29 is 24.2 Å². The lowest BCUT2D eigenvalue weighted by Crippen LogP contribution is -2.29. The highest BCUT2D eigenvalue weighted by atomic mass is 19.1. The summed E-state index contributed by atoms with van der Waals surface area (Å²) < 4.78 is 13.9. The van der Waals surface area contributed by atoms with Crippen LogP contribution in [0.15, 0.2) is 71.7 Å². The number of fused-ring (bicyclic) bond motifs is 1. The van der Waals surface area contributed by atoms with Gasteiger partial charge in [-0.25, -0.2) is 9.38 Å². The third-order valence-corrected chi connectivity index (χ3v) is 6.46. The number of aryl methyl sites for hydroxylation is 1. The highest BCUT2D eigenvalue weighted by molar-refractivity contribution is 6.21. The molecule has 3 N–H and O–H groups in total. The summed E-state index contributed by atoms with van der Waals surface area (Å²) in [6, 6.07) is 18.7. The maximum absolute atomic E-state index is 13.9. The van der Waals surface area contributed by atoms with Crippen LogP contribution in [0, 0.1) is 5.82 Å². The summed E-state index contributed by atoms with van der Waals surface area (Å²) in [5.74, 6) is -1.45. The molecule has 202 valence electrons. The van der Waals surface area contributed by atoms with Crippen molar-refractivity contribution >= 4 is 39.9 Å².